The van der Waals surface area contributed by atoms with Crippen molar-refractivity contribution >= 4 is 34.8 Å². The molecular formula is C17H16N4O6S. The molecule has 2 aromatic rings. The molecular weight excluding hydrogens is 388 g/mol. The second-order valence-corrected chi connectivity index (χ2v) is 5.60. The Labute approximate surface area is 164 Å². The largest absolute Gasteiger partial charge is 0.484 e. The average Bonchev–Trinajstić information content (AvgIpc) is 2.70. The number of nitro groups is 1. The van der Waals surface area contributed by atoms with Crippen LogP contribution in [0.3, 0.4) is 0 Å². The van der Waals surface area contributed by atoms with Gasteiger partial charge in [-0.25, -0.2) is 0 Å². The van der Waals surface area contributed by atoms with Crippen molar-refractivity contribution in [2.24, 2.45) is 0 Å². The van der Waals surface area contributed by atoms with Crippen molar-refractivity contribution in [3.63, 3.8) is 0 Å². The predicted octanol–water partition coefficient (Wildman–Crippen LogP) is 1.07. The first-order chi connectivity index (χ1) is 13.4. The second kappa shape index (κ2) is 10.4. The first kappa shape index (κ1) is 20.6. The number of hydrogen-bond acceptors (Lipinski definition) is 7. The molecule has 2 aromatic carbocycles. The zero-order valence-corrected chi connectivity index (χ0v) is 15.2. The molecule has 146 valence electrons. The molecule has 0 unspecified atom stereocenters. The zero-order valence-electron chi connectivity index (χ0n) is 14.4. The summed E-state index contributed by atoms with van der Waals surface area (Å²) in [6.07, 6.45) is 0. The third kappa shape index (κ3) is 7.25. The van der Waals surface area contributed by atoms with Crippen LogP contribution in [0, 0.1) is 10.1 Å². The maximum Gasteiger partial charge on any atom is 0.276 e. The third-order valence-electron chi connectivity index (χ3n) is 3.10. The number of carbonyl (C=O) groups is 2. The quantitative estimate of drug-likeness (QED) is 0.355. The zero-order chi connectivity index (χ0) is 20.4. The Morgan fingerprint density at radius 3 is 2.07 bits per heavy atom. The van der Waals surface area contributed by atoms with Crippen LogP contribution in [0.5, 0.6) is 11.5 Å². The lowest BCUT2D eigenvalue weighted by molar-refractivity contribution is -0.384. The van der Waals surface area contributed by atoms with Crippen LogP contribution >= 0.6 is 12.2 Å². The van der Waals surface area contributed by atoms with Crippen molar-refractivity contribution in [3.8, 4) is 11.5 Å². The fourth-order valence-electron chi connectivity index (χ4n) is 1.84. The number of thiocarbonyl (C=S) groups is 1. The Morgan fingerprint density at radius 2 is 1.46 bits per heavy atom. The minimum atomic E-state index is -0.574. The summed E-state index contributed by atoms with van der Waals surface area (Å²) >= 11 is 4.88. The number of nitrogens with one attached hydrogen (secondary N) is 3. The van der Waals surface area contributed by atoms with Crippen LogP contribution in [0.2, 0.25) is 0 Å². The molecule has 10 nitrogen and oxygen atoms in total. The lowest BCUT2D eigenvalue weighted by Gasteiger charge is -2.11. The van der Waals surface area contributed by atoms with Gasteiger partial charge >= 0.3 is 0 Å². The van der Waals surface area contributed by atoms with E-state index >= 15 is 0 Å². The molecule has 0 aliphatic rings. The van der Waals surface area contributed by atoms with Gasteiger partial charge in [0.05, 0.1) is 4.92 Å². The van der Waals surface area contributed by atoms with Gasteiger partial charge in [0, 0.05) is 12.1 Å². The van der Waals surface area contributed by atoms with Crippen molar-refractivity contribution in [3.05, 3.63) is 64.7 Å². The maximum atomic E-state index is 11.7. The van der Waals surface area contributed by atoms with Crippen molar-refractivity contribution in [1.82, 2.24) is 16.2 Å². The fourth-order valence-corrected chi connectivity index (χ4v) is 2.00. The molecule has 3 N–H and O–H groups in total. The van der Waals surface area contributed by atoms with Crippen LogP contribution in [0.1, 0.15) is 0 Å². The lowest BCUT2D eigenvalue weighted by Crippen LogP contribution is -2.50. The number of ether oxygens (including phenoxy) is 2. The van der Waals surface area contributed by atoms with Crippen LogP contribution in [-0.2, 0) is 9.59 Å². The smallest absolute Gasteiger partial charge is 0.276 e. The van der Waals surface area contributed by atoms with E-state index in [2.05, 4.69) is 16.2 Å². The van der Waals surface area contributed by atoms with Gasteiger partial charge in [0.2, 0.25) is 0 Å². The Bertz CT molecular complexity index is 844. The molecule has 0 radical (unpaired) electrons. The molecule has 0 aliphatic heterocycles. The fraction of sp³-hybridized carbons (Fsp3) is 0.118. The lowest BCUT2D eigenvalue weighted by atomic mass is 10.3. The van der Waals surface area contributed by atoms with E-state index in [0.717, 1.165) is 0 Å². The summed E-state index contributed by atoms with van der Waals surface area (Å²) in [4.78, 5) is 33.4. The number of hydrazine groups is 1. The Balaban J connectivity index is 1.64. The summed E-state index contributed by atoms with van der Waals surface area (Å²) in [5.41, 5.74) is 4.50. The highest BCUT2D eigenvalue weighted by Crippen LogP contribution is 2.16. The number of hydrogen-bond donors (Lipinski definition) is 3. The van der Waals surface area contributed by atoms with Gasteiger partial charge in [0.25, 0.3) is 17.5 Å². The highest BCUT2D eigenvalue weighted by molar-refractivity contribution is 7.80. The first-order valence-corrected chi connectivity index (χ1v) is 8.28. The van der Waals surface area contributed by atoms with Crippen LogP contribution in [0.4, 0.5) is 5.69 Å². The monoisotopic (exact) mass is 404 g/mol. The molecule has 0 heterocycles. The second-order valence-electron chi connectivity index (χ2n) is 5.19. The minimum absolute atomic E-state index is 0.0872. The number of non-ortho nitro benzene ring substituents is 1. The number of para-hydroxylation sites is 1. The van der Waals surface area contributed by atoms with Gasteiger partial charge in [-0.05, 0) is 36.5 Å². The molecule has 0 fully saturated rings. The van der Waals surface area contributed by atoms with Gasteiger partial charge in [0.15, 0.2) is 18.3 Å². The number of carbonyl (C=O) groups excluding carboxylic acids is 2. The molecule has 0 saturated heterocycles. The van der Waals surface area contributed by atoms with Gasteiger partial charge in [0.1, 0.15) is 11.5 Å². The summed E-state index contributed by atoms with van der Waals surface area (Å²) in [5.74, 6) is -0.254. The Morgan fingerprint density at radius 1 is 0.893 bits per heavy atom. The molecule has 0 bridgehead atoms. The third-order valence-corrected chi connectivity index (χ3v) is 3.30. The summed E-state index contributed by atoms with van der Waals surface area (Å²) in [7, 11) is 0. The normalized spacial score (nSPS) is 9.71. The first-order valence-electron chi connectivity index (χ1n) is 7.88. The van der Waals surface area contributed by atoms with E-state index in [4.69, 9.17) is 21.7 Å². The molecule has 28 heavy (non-hydrogen) atoms. The van der Waals surface area contributed by atoms with Crippen molar-refractivity contribution in [1.29, 1.82) is 0 Å². The van der Waals surface area contributed by atoms with Gasteiger partial charge in [-0.2, -0.15) is 0 Å². The SMILES string of the molecule is O=C(COc1ccc([N+](=O)[O-])cc1)NNC(=S)NC(=O)COc1ccccc1. The summed E-state index contributed by atoms with van der Waals surface area (Å²) in [5, 5.41) is 12.8. The minimum Gasteiger partial charge on any atom is -0.484 e. The van der Waals surface area contributed by atoms with E-state index < -0.39 is 16.7 Å². The highest BCUT2D eigenvalue weighted by Gasteiger charge is 2.09. The number of benzene rings is 2. The predicted molar refractivity (Wildman–Crippen MR) is 103 cm³/mol. The molecule has 2 rings (SSSR count). The van der Waals surface area contributed by atoms with Crippen LogP contribution < -0.4 is 25.6 Å². The molecule has 2 amide bonds. The summed E-state index contributed by atoms with van der Waals surface area (Å²) in [6, 6.07) is 14.0. The average molecular weight is 404 g/mol. The molecule has 0 aromatic heterocycles. The van der Waals surface area contributed by atoms with E-state index in [1.165, 1.54) is 24.3 Å². The van der Waals surface area contributed by atoms with Crippen molar-refractivity contribution in [2.75, 3.05) is 13.2 Å². The number of amides is 2. The van der Waals surface area contributed by atoms with E-state index in [9.17, 15) is 19.7 Å². The molecule has 11 heteroatoms. The van der Waals surface area contributed by atoms with Gasteiger partial charge in [-0.15, -0.1) is 0 Å². The number of nitro benzene ring substituents is 1. The number of rotatable bonds is 7. The van der Waals surface area contributed by atoms with Crippen LogP contribution in [0.15, 0.2) is 54.6 Å². The molecule has 0 spiro atoms. The van der Waals surface area contributed by atoms with Crippen LogP contribution in [-0.4, -0.2) is 35.1 Å². The molecule has 0 saturated carbocycles. The van der Waals surface area contributed by atoms with E-state index in [0.29, 0.717) is 5.75 Å². The van der Waals surface area contributed by atoms with Gasteiger partial charge in [-0.1, -0.05) is 18.2 Å². The molecule has 0 atom stereocenters. The highest BCUT2D eigenvalue weighted by atomic mass is 32.1. The Kier molecular flexibility index (Phi) is 7.66. The van der Waals surface area contributed by atoms with Crippen molar-refractivity contribution < 1.29 is 24.0 Å². The summed E-state index contributed by atoms with van der Waals surface area (Å²) in [6.45, 7) is -0.610. The van der Waals surface area contributed by atoms with E-state index in [1.54, 1.807) is 24.3 Å². The summed E-state index contributed by atoms with van der Waals surface area (Å²) < 4.78 is 10.4. The van der Waals surface area contributed by atoms with E-state index in [1.807, 2.05) is 6.07 Å². The molecule has 0 aliphatic carbocycles. The maximum absolute atomic E-state index is 11.7. The van der Waals surface area contributed by atoms with Gasteiger partial charge in [-0.3, -0.25) is 35.9 Å². The topological polar surface area (TPSA) is 132 Å². The number of nitrogens with zero attached hydrogens (tertiary/aromatic N) is 1. The van der Waals surface area contributed by atoms with Crippen molar-refractivity contribution in [2.45, 2.75) is 0 Å². The standard InChI is InChI=1S/C17H16N4O6S/c22-15(10-26-13-4-2-1-3-5-13)18-17(28)20-19-16(23)11-27-14-8-6-12(7-9-14)21(24)25/h1-9H,10-11H2,(H,19,23)(H2,18,20,22,28). The Hall–Kier alpha value is -3.73. The van der Waals surface area contributed by atoms with Crippen LogP contribution in [0.25, 0.3) is 0 Å². The van der Waals surface area contributed by atoms with E-state index in [-0.39, 0.29) is 29.8 Å². The van der Waals surface area contributed by atoms with Gasteiger partial charge < -0.3 is 9.47 Å².